The van der Waals surface area contributed by atoms with Gasteiger partial charge in [-0.3, -0.25) is 0 Å². The smallest absolute Gasteiger partial charge is 0.165 e. The van der Waals surface area contributed by atoms with Crippen LogP contribution in [0.2, 0.25) is 0 Å². The summed E-state index contributed by atoms with van der Waals surface area (Å²) in [4.78, 5) is 0. The molecule has 0 spiro atoms. The van der Waals surface area contributed by atoms with Crippen molar-refractivity contribution in [2.24, 2.45) is 0 Å². The molecule has 1 aromatic rings. The molecule has 0 amide bonds. The van der Waals surface area contributed by atoms with E-state index in [1.54, 1.807) is 14.2 Å². The van der Waals surface area contributed by atoms with Gasteiger partial charge in [0.25, 0.3) is 0 Å². The van der Waals surface area contributed by atoms with Crippen molar-refractivity contribution in [3.8, 4) is 11.5 Å². The molecule has 1 rings (SSSR count). The minimum Gasteiger partial charge on any atom is -0.493 e. The van der Waals surface area contributed by atoms with Crippen LogP contribution in [0.5, 0.6) is 11.5 Å². The third-order valence-electron chi connectivity index (χ3n) is 2.71. The Labute approximate surface area is 103 Å². The van der Waals surface area contributed by atoms with Crippen LogP contribution in [-0.4, -0.2) is 21.3 Å². The van der Waals surface area contributed by atoms with Gasteiger partial charge in [0.15, 0.2) is 11.5 Å². The largest absolute Gasteiger partial charge is 0.493 e. The first-order valence-corrected chi connectivity index (χ1v) is 5.66. The van der Waals surface area contributed by atoms with Crippen LogP contribution in [0.15, 0.2) is 30.4 Å². The highest BCUT2D eigenvalue weighted by Gasteiger charge is 2.17. The molecule has 0 aliphatic heterocycles. The van der Waals surface area contributed by atoms with E-state index in [1.165, 1.54) is 0 Å². The van der Waals surface area contributed by atoms with E-state index in [4.69, 9.17) is 9.47 Å². The average Bonchev–Trinajstić information content (AvgIpc) is 2.34. The Morgan fingerprint density at radius 2 is 2.06 bits per heavy atom. The second-order valence-electron chi connectivity index (χ2n) is 4.09. The zero-order valence-electron chi connectivity index (χ0n) is 11.0. The van der Waals surface area contributed by atoms with Crippen LogP contribution in [-0.2, 0) is 0 Å². The molecule has 0 fully saturated rings. The highest BCUT2D eigenvalue weighted by atomic mass is 16.5. The number of para-hydroxylation sites is 1. The molecule has 3 nitrogen and oxygen atoms in total. The monoisotopic (exact) mass is 235 g/mol. The Balaban J connectivity index is 3.13. The van der Waals surface area contributed by atoms with E-state index in [2.05, 4.69) is 11.9 Å². The van der Waals surface area contributed by atoms with E-state index >= 15 is 0 Å². The van der Waals surface area contributed by atoms with Gasteiger partial charge in [-0.05, 0) is 26.5 Å². The molecule has 1 aromatic carbocycles. The van der Waals surface area contributed by atoms with Crippen molar-refractivity contribution in [2.75, 3.05) is 21.3 Å². The first-order valence-electron chi connectivity index (χ1n) is 5.66. The first kappa shape index (κ1) is 13.6. The standard InChI is InChI=1S/C14H21NO2/c1-10(2)9-12(15-3)11-7-6-8-13(16-4)14(11)17-5/h6-8,12,15H,1,9H2,2-5H3. The lowest BCUT2D eigenvalue weighted by Gasteiger charge is -2.20. The quantitative estimate of drug-likeness (QED) is 0.769. The van der Waals surface area contributed by atoms with Crippen LogP contribution in [0.3, 0.4) is 0 Å². The average molecular weight is 235 g/mol. The summed E-state index contributed by atoms with van der Waals surface area (Å²) in [6.07, 6.45) is 0.875. The lowest BCUT2D eigenvalue weighted by Crippen LogP contribution is -2.17. The number of nitrogens with one attached hydrogen (secondary N) is 1. The van der Waals surface area contributed by atoms with Gasteiger partial charge in [-0.25, -0.2) is 0 Å². The lowest BCUT2D eigenvalue weighted by molar-refractivity contribution is 0.347. The molecule has 0 radical (unpaired) electrons. The molecule has 0 aliphatic carbocycles. The van der Waals surface area contributed by atoms with Crippen molar-refractivity contribution in [1.29, 1.82) is 0 Å². The molecule has 1 N–H and O–H groups in total. The summed E-state index contributed by atoms with van der Waals surface area (Å²) in [6, 6.07) is 6.11. The molecule has 3 heteroatoms. The van der Waals surface area contributed by atoms with Crippen molar-refractivity contribution in [3.63, 3.8) is 0 Å². The van der Waals surface area contributed by atoms with Crippen LogP contribution in [0.4, 0.5) is 0 Å². The normalized spacial score (nSPS) is 12.0. The van der Waals surface area contributed by atoms with Crippen LogP contribution in [0.25, 0.3) is 0 Å². The Morgan fingerprint density at radius 1 is 1.35 bits per heavy atom. The third kappa shape index (κ3) is 3.24. The van der Waals surface area contributed by atoms with Gasteiger partial charge in [-0.2, -0.15) is 0 Å². The number of rotatable bonds is 6. The maximum atomic E-state index is 5.44. The maximum Gasteiger partial charge on any atom is 0.165 e. The minimum absolute atomic E-state index is 0.192. The summed E-state index contributed by atoms with van der Waals surface area (Å²) in [5.74, 6) is 1.54. The molecule has 1 atom stereocenters. The summed E-state index contributed by atoms with van der Waals surface area (Å²) in [5, 5.41) is 3.28. The zero-order valence-corrected chi connectivity index (χ0v) is 11.0. The third-order valence-corrected chi connectivity index (χ3v) is 2.71. The predicted octanol–water partition coefficient (Wildman–Crippen LogP) is 2.93. The molecule has 0 saturated heterocycles. The van der Waals surface area contributed by atoms with Gasteiger partial charge in [0.05, 0.1) is 14.2 Å². The number of benzene rings is 1. The van der Waals surface area contributed by atoms with Gasteiger partial charge in [0, 0.05) is 11.6 Å². The van der Waals surface area contributed by atoms with Crippen molar-refractivity contribution < 1.29 is 9.47 Å². The summed E-state index contributed by atoms with van der Waals surface area (Å²) in [7, 11) is 5.25. The molecular weight excluding hydrogens is 214 g/mol. The number of hydrogen-bond donors (Lipinski definition) is 1. The van der Waals surface area contributed by atoms with Gasteiger partial charge < -0.3 is 14.8 Å². The Bertz CT molecular complexity index is 388. The fourth-order valence-corrected chi connectivity index (χ4v) is 1.90. The van der Waals surface area contributed by atoms with Crippen molar-refractivity contribution in [1.82, 2.24) is 5.32 Å². The first-order chi connectivity index (χ1) is 8.13. The van der Waals surface area contributed by atoms with E-state index < -0.39 is 0 Å². The zero-order chi connectivity index (χ0) is 12.8. The number of methoxy groups -OCH3 is 2. The summed E-state index contributed by atoms with van der Waals surface area (Å²) >= 11 is 0. The Morgan fingerprint density at radius 3 is 2.53 bits per heavy atom. The van der Waals surface area contributed by atoms with E-state index in [1.807, 2.05) is 32.2 Å². The van der Waals surface area contributed by atoms with Crippen LogP contribution in [0, 0.1) is 0 Å². The highest BCUT2D eigenvalue weighted by molar-refractivity contribution is 5.48. The topological polar surface area (TPSA) is 30.5 Å². The van der Waals surface area contributed by atoms with Crippen LogP contribution >= 0.6 is 0 Å². The number of hydrogen-bond acceptors (Lipinski definition) is 3. The summed E-state index contributed by atoms with van der Waals surface area (Å²) < 4.78 is 10.7. The SMILES string of the molecule is C=C(C)CC(NC)c1cccc(OC)c1OC. The second-order valence-corrected chi connectivity index (χ2v) is 4.09. The van der Waals surface area contributed by atoms with Gasteiger partial charge in [0.2, 0.25) is 0 Å². The summed E-state index contributed by atoms with van der Waals surface area (Å²) in [6.45, 7) is 5.98. The van der Waals surface area contributed by atoms with E-state index in [9.17, 15) is 0 Å². The molecule has 1 unspecified atom stereocenters. The highest BCUT2D eigenvalue weighted by Crippen LogP contribution is 2.36. The Hall–Kier alpha value is -1.48. The predicted molar refractivity (Wildman–Crippen MR) is 70.8 cm³/mol. The van der Waals surface area contributed by atoms with E-state index in [0.717, 1.165) is 29.1 Å². The van der Waals surface area contributed by atoms with Gasteiger partial charge in [-0.1, -0.05) is 17.7 Å². The van der Waals surface area contributed by atoms with Crippen molar-refractivity contribution >= 4 is 0 Å². The van der Waals surface area contributed by atoms with E-state index in [-0.39, 0.29) is 6.04 Å². The fraction of sp³-hybridized carbons (Fsp3) is 0.429. The summed E-state index contributed by atoms with van der Waals surface area (Å²) in [5.41, 5.74) is 2.23. The van der Waals surface area contributed by atoms with Gasteiger partial charge in [0.1, 0.15) is 0 Å². The fourth-order valence-electron chi connectivity index (χ4n) is 1.90. The Kier molecular flexibility index (Phi) is 5.04. The van der Waals surface area contributed by atoms with Crippen LogP contribution in [0.1, 0.15) is 24.9 Å². The molecule has 0 aliphatic rings. The molecule has 0 heterocycles. The molecule has 0 saturated carbocycles. The van der Waals surface area contributed by atoms with Crippen molar-refractivity contribution in [2.45, 2.75) is 19.4 Å². The van der Waals surface area contributed by atoms with Gasteiger partial charge >= 0.3 is 0 Å². The molecule has 0 aromatic heterocycles. The molecule has 94 valence electrons. The van der Waals surface area contributed by atoms with E-state index in [0.29, 0.717) is 0 Å². The maximum absolute atomic E-state index is 5.44. The minimum atomic E-state index is 0.192. The van der Waals surface area contributed by atoms with Crippen LogP contribution < -0.4 is 14.8 Å². The molecule has 0 bridgehead atoms. The number of ether oxygens (including phenoxy) is 2. The lowest BCUT2D eigenvalue weighted by atomic mass is 9.99. The second kappa shape index (κ2) is 6.30. The van der Waals surface area contributed by atoms with Gasteiger partial charge in [-0.15, -0.1) is 6.58 Å². The van der Waals surface area contributed by atoms with Crippen molar-refractivity contribution in [3.05, 3.63) is 35.9 Å². The molecule has 17 heavy (non-hydrogen) atoms. The molecular formula is C14H21NO2.